The molecule has 0 spiro atoms. The highest BCUT2D eigenvalue weighted by Gasteiger charge is 2.24. The third kappa shape index (κ3) is 3.04. The number of aromatic nitrogens is 5. The van der Waals surface area contributed by atoms with Crippen molar-refractivity contribution in [3.8, 4) is 0 Å². The van der Waals surface area contributed by atoms with Gasteiger partial charge in [-0.1, -0.05) is 13.3 Å². The summed E-state index contributed by atoms with van der Waals surface area (Å²) < 4.78 is 7.03. The van der Waals surface area contributed by atoms with Crippen LogP contribution in [-0.2, 0) is 13.6 Å². The molecule has 4 heterocycles. The largest absolute Gasteiger partial charge is 0.332 e. The van der Waals surface area contributed by atoms with E-state index in [0.29, 0.717) is 17.7 Å². The maximum atomic E-state index is 13.4. The Labute approximate surface area is 170 Å². The Morgan fingerprint density at radius 1 is 1.03 bits per heavy atom. The van der Waals surface area contributed by atoms with E-state index in [4.69, 9.17) is 4.98 Å². The van der Waals surface area contributed by atoms with Crippen LogP contribution in [-0.4, -0.2) is 47.6 Å². The first-order valence-electron chi connectivity index (χ1n) is 10.8. The van der Waals surface area contributed by atoms with Crippen LogP contribution in [0.25, 0.3) is 16.9 Å². The van der Waals surface area contributed by atoms with Crippen LogP contribution in [0, 0.1) is 13.8 Å². The van der Waals surface area contributed by atoms with Gasteiger partial charge in [-0.3, -0.25) is 18.3 Å². The van der Waals surface area contributed by atoms with Gasteiger partial charge in [0.1, 0.15) is 0 Å². The summed E-state index contributed by atoms with van der Waals surface area (Å²) in [5, 5.41) is 0. The Morgan fingerprint density at radius 2 is 1.72 bits per heavy atom. The molecule has 1 saturated heterocycles. The Morgan fingerprint density at radius 3 is 2.38 bits per heavy atom. The smallest absolute Gasteiger partial charge is 0.311 e. The zero-order valence-corrected chi connectivity index (χ0v) is 18.2. The van der Waals surface area contributed by atoms with Crippen LogP contribution in [0.2, 0.25) is 0 Å². The van der Waals surface area contributed by atoms with Crippen molar-refractivity contribution in [2.24, 2.45) is 7.05 Å². The van der Waals surface area contributed by atoms with Crippen LogP contribution in [0.1, 0.15) is 57.0 Å². The number of fused-ring (bicyclic) bond motifs is 3. The van der Waals surface area contributed by atoms with Gasteiger partial charge in [0.25, 0.3) is 5.56 Å². The number of hydrogen-bond donors (Lipinski definition) is 0. The summed E-state index contributed by atoms with van der Waals surface area (Å²) in [6, 6.07) is 0.265. The summed E-state index contributed by atoms with van der Waals surface area (Å²) in [5.74, 6) is 0.741. The molecule has 3 aromatic heterocycles. The van der Waals surface area contributed by atoms with Gasteiger partial charge in [-0.05, 0) is 53.1 Å². The van der Waals surface area contributed by atoms with Crippen LogP contribution < -0.4 is 11.2 Å². The standard InChI is InChI=1S/C21H32N6O2/c1-6-14(2)26-15(3)16(4)27-17-18(22-20(26)27)23(5)21(29)25(19(17)28)13-12-24-10-8-7-9-11-24/h14H,6-13H2,1-5H3/t14-/m1/s1. The first-order chi connectivity index (χ1) is 13.9. The van der Waals surface area contributed by atoms with Crippen molar-refractivity contribution in [3.63, 3.8) is 0 Å². The lowest BCUT2D eigenvalue weighted by molar-refractivity contribution is 0.218. The number of rotatable bonds is 5. The summed E-state index contributed by atoms with van der Waals surface area (Å²) >= 11 is 0. The maximum absolute atomic E-state index is 13.4. The van der Waals surface area contributed by atoms with Gasteiger partial charge in [0.15, 0.2) is 11.2 Å². The summed E-state index contributed by atoms with van der Waals surface area (Å²) in [6.07, 6.45) is 4.62. The average Bonchev–Trinajstić information content (AvgIpc) is 3.22. The minimum absolute atomic E-state index is 0.239. The molecule has 8 heteroatoms. The quantitative estimate of drug-likeness (QED) is 0.659. The summed E-state index contributed by atoms with van der Waals surface area (Å²) in [6.45, 7) is 11.6. The van der Waals surface area contributed by atoms with Gasteiger partial charge < -0.3 is 9.47 Å². The maximum Gasteiger partial charge on any atom is 0.332 e. The van der Waals surface area contributed by atoms with E-state index in [0.717, 1.165) is 43.2 Å². The Balaban J connectivity index is 1.90. The third-order valence-electron chi connectivity index (χ3n) is 6.68. The molecule has 0 bridgehead atoms. The predicted molar refractivity (Wildman–Crippen MR) is 115 cm³/mol. The zero-order chi connectivity index (χ0) is 20.9. The van der Waals surface area contributed by atoms with E-state index in [-0.39, 0.29) is 17.3 Å². The Hall–Kier alpha value is -2.35. The third-order valence-corrected chi connectivity index (χ3v) is 6.68. The van der Waals surface area contributed by atoms with Gasteiger partial charge in [0.05, 0.1) is 0 Å². The molecule has 0 saturated carbocycles. The highest BCUT2D eigenvalue weighted by Crippen LogP contribution is 2.25. The molecule has 1 aliphatic heterocycles. The van der Waals surface area contributed by atoms with Crippen LogP contribution >= 0.6 is 0 Å². The highest BCUT2D eigenvalue weighted by atomic mass is 16.2. The molecule has 4 rings (SSSR count). The van der Waals surface area contributed by atoms with E-state index in [1.54, 1.807) is 7.05 Å². The van der Waals surface area contributed by atoms with Crippen LogP contribution in [0.5, 0.6) is 0 Å². The van der Waals surface area contributed by atoms with Gasteiger partial charge in [0.2, 0.25) is 5.78 Å². The summed E-state index contributed by atoms with van der Waals surface area (Å²) in [7, 11) is 1.71. The van der Waals surface area contributed by atoms with Crippen molar-refractivity contribution in [2.45, 2.75) is 66.0 Å². The number of piperidine rings is 1. The van der Waals surface area contributed by atoms with E-state index >= 15 is 0 Å². The lowest BCUT2D eigenvalue weighted by Crippen LogP contribution is -2.43. The van der Waals surface area contributed by atoms with Gasteiger partial charge in [0, 0.05) is 37.6 Å². The zero-order valence-electron chi connectivity index (χ0n) is 18.2. The number of imidazole rings is 2. The highest BCUT2D eigenvalue weighted by molar-refractivity contribution is 5.76. The molecule has 3 aromatic rings. The molecule has 8 nitrogen and oxygen atoms in total. The minimum atomic E-state index is -0.287. The second-order valence-electron chi connectivity index (χ2n) is 8.42. The van der Waals surface area contributed by atoms with Crippen molar-refractivity contribution in [1.82, 2.24) is 28.0 Å². The summed E-state index contributed by atoms with van der Waals surface area (Å²) in [4.78, 5) is 33.5. The van der Waals surface area contributed by atoms with Gasteiger partial charge in [-0.25, -0.2) is 4.79 Å². The van der Waals surface area contributed by atoms with Crippen molar-refractivity contribution < 1.29 is 0 Å². The second-order valence-corrected chi connectivity index (χ2v) is 8.42. The minimum Gasteiger partial charge on any atom is -0.311 e. The molecular formula is C21H32N6O2. The average molecular weight is 401 g/mol. The Bertz CT molecular complexity index is 1170. The van der Waals surface area contributed by atoms with Gasteiger partial charge >= 0.3 is 5.69 Å². The van der Waals surface area contributed by atoms with Crippen LogP contribution in [0.4, 0.5) is 0 Å². The fraction of sp³-hybridized carbons (Fsp3) is 0.667. The molecule has 1 fully saturated rings. The fourth-order valence-electron chi connectivity index (χ4n) is 4.61. The van der Waals surface area contributed by atoms with E-state index in [2.05, 4.69) is 30.2 Å². The molecular weight excluding hydrogens is 368 g/mol. The molecule has 0 aromatic carbocycles. The van der Waals surface area contributed by atoms with Crippen molar-refractivity contribution >= 4 is 16.9 Å². The first-order valence-corrected chi connectivity index (χ1v) is 10.8. The van der Waals surface area contributed by atoms with Gasteiger partial charge in [-0.15, -0.1) is 0 Å². The van der Waals surface area contributed by atoms with Crippen molar-refractivity contribution in [2.75, 3.05) is 19.6 Å². The lowest BCUT2D eigenvalue weighted by Gasteiger charge is -2.26. The predicted octanol–water partition coefficient (Wildman–Crippen LogP) is 2.22. The normalized spacial score (nSPS) is 16.9. The van der Waals surface area contributed by atoms with Crippen LogP contribution in [0.3, 0.4) is 0 Å². The van der Waals surface area contributed by atoms with E-state index in [1.807, 2.05) is 11.3 Å². The SMILES string of the molecule is CC[C@@H](C)n1c(C)c(C)n2c3c(=O)n(CCN4CCCCC4)c(=O)n(C)c3nc12. The molecule has 0 aliphatic carbocycles. The number of nitrogens with zero attached hydrogens (tertiary/aromatic N) is 6. The molecule has 0 radical (unpaired) electrons. The Kier molecular flexibility index (Phi) is 5.14. The number of aryl methyl sites for hydroxylation is 2. The van der Waals surface area contributed by atoms with E-state index < -0.39 is 0 Å². The molecule has 0 amide bonds. The first kappa shape index (κ1) is 19.9. The second kappa shape index (κ2) is 7.48. The molecule has 1 atom stereocenters. The fourth-order valence-corrected chi connectivity index (χ4v) is 4.61. The topological polar surface area (TPSA) is 69.5 Å². The van der Waals surface area contributed by atoms with E-state index in [9.17, 15) is 9.59 Å². The number of hydrogen-bond acceptors (Lipinski definition) is 4. The van der Waals surface area contributed by atoms with Crippen molar-refractivity contribution in [3.05, 3.63) is 32.2 Å². The molecule has 158 valence electrons. The van der Waals surface area contributed by atoms with E-state index in [1.165, 1.54) is 28.4 Å². The molecule has 0 N–H and O–H groups in total. The molecule has 0 unspecified atom stereocenters. The van der Waals surface area contributed by atoms with Gasteiger partial charge in [-0.2, -0.15) is 4.98 Å². The van der Waals surface area contributed by atoms with Crippen molar-refractivity contribution in [1.29, 1.82) is 0 Å². The lowest BCUT2D eigenvalue weighted by atomic mass is 10.1. The number of likely N-dealkylation sites (tertiary alicyclic amines) is 1. The monoisotopic (exact) mass is 400 g/mol. The molecule has 29 heavy (non-hydrogen) atoms. The molecule has 1 aliphatic rings. The summed E-state index contributed by atoms with van der Waals surface area (Å²) in [5.41, 5.74) is 2.55. The van der Waals surface area contributed by atoms with Crippen LogP contribution in [0.15, 0.2) is 9.59 Å².